The molecule has 4 unspecified atom stereocenters. The lowest BCUT2D eigenvalue weighted by Gasteiger charge is -2.35. The number of nitrogens with one attached hydrogen (secondary N) is 9. The normalized spacial score (nSPS) is 12.5. The highest BCUT2D eigenvalue weighted by molar-refractivity contribution is 8.01. The molecule has 13 N–H and O–H groups in total. The maximum absolute atomic E-state index is 14.3. The monoisotopic (exact) mass is 1330 g/mol. The van der Waals surface area contributed by atoms with Gasteiger partial charge in [0.2, 0.25) is 41.4 Å². The molecule has 9 amide bonds. The fourth-order valence-electron chi connectivity index (χ4n) is 10.2. The average Bonchev–Trinajstić information content (AvgIpc) is 0.768. The molecule has 0 aliphatic rings. The maximum Gasteiger partial charge on any atom is 0.326 e. The Kier molecular flexibility index (Phi) is 33.0. The van der Waals surface area contributed by atoms with Crippen LogP contribution in [0.25, 0.3) is 0 Å². The second-order valence-corrected chi connectivity index (χ2v) is 23.7. The topological polar surface area (TPSA) is 394 Å². The number of carboxylic acid groups (broad SMARTS) is 4. The summed E-state index contributed by atoms with van der Waals surface area (Å²) >= 11 is 1.40. The Morgan fingerprint density at radius 1 is 0.347 bits per heavy atom. The van der Waals surface area contributed by atoms with Crippen LogP contribution in [0.5, 0.6) is 0 Å². The Morgan fingerprint density at radius 2 is 0.716 bits per heavy atom. The molecule has 508 valence electrons. The second kappa shape index (κ2) is 41.5. The first-order chi connectivity index (χ1) is 45.7. The lowest BCUT2D eigenvalue weighted by Crippen LogP contribution is -2.57. The van der Waals surface area contributed by atoms with E-state index in [-0.39, 0.29) is 69.2 Å². The Hall–Kier alpha value is -10.1. The molecule has 0 spiro atoms. The van der Waals surface area contributed by atoms with Gasteiger partial charge in [-0.3, -0.25) is 38.4 Å². The van der Waals surface area contributed by atoms with Crippen molar-refractivity contribution in [1.29, 1.82) is 0 Å². The molecule has 5 rings (SSSR count). The van der Waals surface area contributed by atoms with E-state index in [1.165, 1.54) is 11.8 Å². The van der Waals surface area contributed by atoms with Crippen molar-refractivity contribution >= 4 is 83.0 Å². The lowest BCUT2D eigenvalue weighted by atomic mass is 9.84. The van der Waals surface area contributed by atoms with E-state index in [9.17, 15) is 72.9 Å². The number of carbonyl (C=O) groups is 12. The molecular weight excluding hydrogens is 1240 g/mol. The molecule has 0 fully saturated rings. The number of hydrogen-bond donors (Lipinski definition) is 13. The van der Waals surface area contributed by atoms with Gasteiger partial charge in [-0.05, 0) is 85.6 Å². The predicted octanol–water partition coefficient (Wildman–Crippen LogP) is 4.95. The highest BCUT2D eigenvalue weighted by Crippen LogP contribution is 2.48. The highest BCUT2D eigenvalue weighted by Gasteiger charge is 2.38. The number of unbranched alkanes of at least 4 members (excludes halogenated alkanes) is 5. The molecule has 95 heavy (non-hydrogen) atoms. The van der Waals surface area contributed by atoms with Crippen molar-refractivity contribution in [3.63, 3.8) is 0 Å². The number of thioether (sulfide) groups is 1. The molecule has 0 aromatic heterocycles. The van der Waals surface area contributed by atoms with Crippen molar-refractivity contribution < 1.29 is 78.0 Å². The van der Waals surface area contributed by atoms with Crippen LogP contribution in [0, 0.1) is 0 Å². The van der Waals surface area contributed by atoms with Crippen molar-refractivity contribution in [2.45, 2.75) is 138 Å². The van der Waals surface area contributed by atoms with Crippen LogP contribution in [0.3, 0.4) is 0 Å². The Morgan fingerprint density at radius 3 is 1.14 bits per heavy atom. The van der Waals surface area contributed by atoms with Gasteiger partial charge in [-0.1, -0.05) is 165 Å². The largest absolute Gasteiger partial charge is 0.481 e. The van der Waals surface area contributed by atoms with Crippen LogP contribution < -0.4 is 47.9 Å². The Labute approximate surface area is 555 Å². The molecule has 25 nitrogen and oxygen atoms in total. The smallest absolute Gasteiger partial charge is 0.326 e. The zero-order valence-corrected chi connectivity index (χ0v) is 53.6. The third-order valence-corrected chi connectivity index (χ3v) is 16.8. The zero-order chi connectivity index (χ0) is 68.8. The van der Waals surface area contributed by atoms with Crippen LogP contribution in [0.4, 0.5) is 4.79 Å². The van der Waals surface area contributed by atoms with Crippen LogP contribution in [0.1, 0.15) is 118 Å². The van der Waals surface area contributed by atoms with E-state index in [1.54, 1.807) is 60.7 Å². The van der Waals surface area contributed by atoms with E-state index in [4.69, 9.17) is 5.11 Å². The summed E-state index contributed by atoms with van der Waals surface area (Å²) in [6.07, 6.45) is 3.31. The quantitative estimate of drug-likeness (QED) is 0.0181. The molecular formula is C69H85N9O16S. The third kappa shape index (κ3) is 27.9. The molecule has 0 saturated heterocycles. The molecule has 0 bridgehead atoms. The lowest BCUT2D eigenvalue weighted by molar-refractivity contribution is -0.143. The number of carbonyl (C=O) groups excluding carboxylic acids is 8. The Balaban J connectivity index is 1.02. The minimum Gasteiger partial charge on any atom is -0.481 e. The van der Waals surface area contributed by atoms with Gasteiger partial charge in [-0.25, -0.2) is 19.2 Å². The van der Waals surface area contributed by atoms with Crippen molar-refractivity contribution in [3.05, 3.63) is 179 Å². The van der Waals surface area contributed by atoms with E-state index in [0.717, 1.165) is 16.7 Å². The van der Waals surface area contributed by atoms with Gasteiger partial charge in [0.05, 0.1) is 23.6 Å². The first-order valence-electron chi connectivity index (χ1n) is 31.6. The van der Waals surface area contributed by atoms with Crippen molar-refractivity contribution in [3.8, 4) is 0 Å². The van der Waals surface area contributed by atoms with Gasteiger partial charge >= 0.3 is 29.9 Å². The summed E-state index contributed by atoms with van der Waals surface area (Å²) in [6, 6.07) is 39.1. The van der Waals surface area contributed by atoms with E-state index < -0.39 is 120 Å². The van der Waals surface area contributed by atoms with Crippen LogP contribution in [0.15, 0.2) is 152 Å². The van der Waals surface area contributed by atoms with E-state index in [2.05, 4.69) is 47.9 Å². The first kappa shape index (κ1) is 75.6. The number of urea groups is 1. The molecule has 5 atom stereocenters. The summed E-state index contributed by atoms with van der Waals surface area (Å²) in [4.78, 5) is 152. The number of amides is 9. The van der Waals surface area contributed by atoms with Gasteiger partial charge < -0.3 is 68.3 Å². The number of benzene rings is 5. The van der Waals surface area contributed by atoms with Crippen LogP contribution in [-0.4, -0.2) is 154 Å². The fourth-order valence-corrected chi connectivity index (χ4v) is 11.6. The number of carboxylic acids is 4. The summed E-state index contributed by atoms with van der Waals surface area (Å²) in [5.74, 6) is -9.22. The van der Waals surface area contributed by atoms with E-state index >= 15 is 0 Å². The fraction of sp³-hybridized carbons (Fsp3) is 0.391. The summed E-state index contributed by atoms with van der Waals surface area (Å²) in [7, 11) is 0. The zero-order valence-electron chi connectivity index (χ0n) is 52.8. The van der Waals surface area contributed by atoms with Gasteiger partial charge in [0, 0.05) is 45.2 Å². The van der Waals surface area contributed by atoms with Crippen molar-refractivity contribution in [1.82, 2.24) is 47.9 Å². The molecule has 0 heterocycles. The van der Waals surface area contributed by atoms with Crippen LogP contribution in [-0.2, 0) is 70.3 Å². The van der Waals surface area contributed by atoms with Crippen molar-refractivity contribution in [2.24, 2.45) is 0 Å². The average molecular weight is 1330 g/mol. The molecule has 0 aliphatic carbocycles. The summed E-state index contributed by atoms with van der Waals surface area (Å²) in [5.41, 5.74) is 4.18. The van der Waals surface area contributed by atoms with Gasteiger partial charge in [-0.2, -0.15) is 0 Å². The van der Waals surface area contributed by atoms with Crippen LogP contribution in [0.2, 0.25) is 0 Å². The number of rotatable bonds is 44. The first-order valence-corrected chi connectivity index (χ1v) is 32.5. The van der Waals surface area contributed by atoms with Gasteiger partial charge in [0.15, 0.2) is 0 Å². The molecule has 5 aromatic carbocycles. The molecule has 0 saturated carbocycles. The predicted molar refractivity (Wildman–Crippen MR) is 354 cm³/mol. The number of aliphatic carboxylic acids is 4. The Bertz CT molecular complexity index is 3200. The van der Waals surface area contributed by atoms with Gasteiger partial charge in [-0.15, -0.1) is 11.8 Å². The minimum atomic E-state index is -1.53. The van der Waals surface area contributed by atoms with Gasteiger partial charge in [0.1, 0.15) is 30.2 Å². The third-order valence-electron chi connectivity index (χ3n) is 15.2. The molecule has 0 radical (unpaired) electrons. The maximum atomic E-state index is 14.3. The molecule has 26 heteroatoms. The summed E-state index contributed by atoms with van der Waals surface area (Å²) in [5, 5.41) is 60.6. The highest BCUT2D eigenvalue weighted by atomic mass is 32.2. The number of hydrogen-bond acceptors (Lipinski definition) is 13. The molecule has 5 aromatic rings. The van der Waals surface area contributed by atoms with Gasteiger partial charge in [0.25, 0.3) is 0 Å². The second-order valence-electron chi connectivity index (χ2n) is 22.5. The minimum absolute atomic E-state index is 0.00434. The summed E-state index contributed by atoms with van der Waals surface area (Å²) < 4.78 is -0.777. The molecule has 0 aliphatic heterocycles. The van der Waals surface area contributed by atoms with Crippen LogP contribution >= 0.6 is 11.8 Å². The van der Waals surface area contributed by atoms with Crippen molar-refractivity contribution in [2.75, 3.05) is 31.9 Å². The SMILES string of the molecule is O=C(O)CCC(NC(=O)N[C@@H](CCCCNC(=O)CCCCCCC(=O)NCCCCC(NC(=O)C(Cc1ccccc1)NC(=O)C(Cc1ccccc1)NC(=O)CNC(=O)CNC(=O)CSC(c1ccccc1)(c1ccccc1)c1ccccc1)C(=O)O)C(=O)O)C(=O)O. The van der Waals surface area contributed by atoms with E-state index in [1.807, 2.05) is 91.0 Å². The standard InChI is InChI=1S/C69H85N9O16S/c79-57(36-18-1-2-19-37-58(80)71-41-23-21-35-53(66(90)91)77-68(94)78-54(67(92)93)38-39-62(84)85)70-40-22-20-34-52(65(88)89)75-64(87)56(43-48-26-10-4-11-27-48)76-63(86)55(42-47-24-8-3-9-25-47)74-60(82)45-72-59(81)44-73-61(83)46-95-69(49-28-12-5-13-29-49,50-30-14-6-15-31-50)51-32-16-7-17-33-51/h3-17,24-33,52-56H,1-2,18-23,34-46H2,(H,70,79)(H,71,80)(H,72,81)(H,73,83)(H,74,82)(H,75,87)(H,76,86)(H,84,85)(H,88,89)(H,90,91)(H,92,93)(H2,77,78,94)/t52?,53-,54?,55?,56?/m0/s1. The van der Waals surface area contributed by atoms with E-state index in [0.29, 0.717) is 62.5 Å². The summed E-state index contributed by atoms with van der Waals surface area (Å²) in [6.45, 7) is -0.508.